The lowest BCUT2D eigenvalue weighted by Gasteiger charge is -2.34. The van der Waals surface area contributed by atoms with Gasteiger partial charge in [-0.05, 0) is 42.6 Å². The maximum absolute atomic E-state index is 12.5. The third-order valence-corrected chi connectivity index (χ3v) is 5.64. The highest BCUT2D eigenvalue weighted by Gasteiger charge is 2.24. The average molecular weight is 410 g/mol. The van der Waals surface area contributed by atoms with Crippen LogP contribution < -0.4 is 15.0 Å². The van der Waals surface area contributed by atoms with Crippen LogP contribution in [-0.4, -0.2) is 54.1 Å². The summed E-state index contributed by atoms with van der Waals surface area (Å²) in [7, 11) is 1.65. The zero-order valence-corrected chi connectivity index (χ0v) is 17.3. The molecule has 1 amide bonds. The summed E-state index contributed by atoms with van der Waals surface area (Å²) in [6, 6.07) is 13.4. The van der Waals surface area contributed by atoms with Gasteiger partial charge in [-0.1, -0.05) is 6.07 Å². The van der Waals surface area contributed by atoms with Crippen LogP contribution in [0, 0.1) is 6.92 Å². The van der Waals surface area contributed by atoms with E-state index in [1.807, 2.05) is 59.7 Å². The highest BCUT2D eigenvalue weighted by molar-refractivity contribution is 7.12. The number of hydrogen-bond acceptors (Lipinski definition) is 7. The van der Waals surface area contributed by atoms with Crippen molar-refractivity contribution in [1.82, 2.24) is 14.9 Å². The number of ether oxygens (including phenoxy) is 1. The molecule has 0 aliphatic carbocycles. The first-order valence-corrected chi connectivity index (χ1v) is 10.3. The molecule has 150 valence electrons. The number of anilines is 3. The predicted octanol–water partition coefficient (Wildman–Crippen LogP) is 3.56. The van der Waals surface area contributed by atoms with Crippen molar-refractivity contribution in [3.63, 3.8) is 0 Å². The van der Waals surface area contributed by atoms with Crippen molar-refractivity contribution in [1.29, 1.82) is 0 Å². The van der Waals surface area contributed by atoms with E-state index in [-0.39, 0.29) is 5.91 Å². The molecule has 1 fully saturated rings. The summed E-state index contributed by atoms with van der Waals surface area (Å²) in [6.07, 6.45) is 0. The monoisotopic (exact) mass is 409 g/mol. The molecule has 0 saturated carbocycles. The van der Waals surface area contributed by atoms with Gasteiger partial charge < -0.3 is 19.9 Å². The predicted molar refractivity (Wildman–Crippen MR) is 115 cm³/mol. The Kier molecular flexibility index (Phi) is 5.62. The van der Waals surface area contributed by atoms with E-state index < -0.39 is 0 Å². The topological polar surface area (TPSA) is 70.6 Å². The van der Waals surface area contributed by atoms with Crippen LogP contribution in [0.1, 0.15) is 15.4 Å². The number of hydrogen-bond donors (Lipinski definition) is 1. The minimum atomic E-state index is 0.103. The molecule has 0 radical (unpaired) electrons. The number of aromatic nitrogens is 2. The maximum Gasteiger partial charge on any atom is 0.264 e. The number of carbonyl (C=O) groups excluding carboxylic acids is 1. The van der Waals surface area contributed by atoms with E-state index in [1.54, 1.807) is 7.11 Å². The van der Waals surface area contributed by atoms with Crippen LogP contribution in [-0.2, 0) is 0 Å². The molecule has 1 aliphatic rings. The Balaban J connectivity index is 1.43. The Morgan fingerprint density at radius 2 is 1.86 bits per heavy atom. The fourth-order valence-corrected chi connectivity index (χ4v) is 3.94. The number of thiophene rings is 1. The second-order valence-corrected chi connectivity index (χ2v) is 7.75. The van der Waals surface area contributed by atoms with Crippen LogP contribution in [0.4, 0.5) is 17.5 Å². The van der Waals surface area contributed by atoms with E-state index in [2.05, 4.69) is 20.2 Å². The van der Waals surface area contributed by atoms with Crippen LogP contribution in [0.25, 0.3) is 0 Å². The zero-order chi connectivity index (χ0) is 20.2. The molecule has 0 spiro atoms. The SMILES string of the molecule is COc1ccc(Nc2cc(C)nc(N3CCN(C(=O)c4cccs4)CC3)n2)cc1. The molecule has 4 rings (SSSR count). The zero-order valence-electron chi connectivity index (χ0n) is 16.5. The van der Waals surface area contributed by atoms with E-state index in [0.29, 0.717) is 32.1 Å². The minimum Gasteiger partial charge on any atom is -0.497 e. The number of nitrogens with one attached hydrogen (secondary N) is 1. The van der Waals surface area contributed by atoms with Crippen molar-refractivity contribution in [2.75, 3.05) is 43.5 Å². The third kappa shape index (κ3) is 4.48. The lowest BCUT2D eigenvalue weighted by atomic mass is 10.3. The highest BCUT2D eigenvalue weighted by atomic mass is 32.1. The molecule has 1 saturated heterocycles. The number of piperazine rings is 1. The van der Waals surface area contributed by atoms with Gasteiger partial charge in [0.15, 0.2) is 0 Å². The van der Waals surface area contributed by atoms with Gasteiger partial charge in [0.2, 0.25) is 5.95 Å². The van der Waals surface area contributed by atoms with Gasteiger partial charge in [0, 0.05) is 43.6 Å². The van der Waals surface area contributed by atoms with Crippen molar-refractivity contribution < 1.29 is 9.53 Å². The fourth-order valence-electron chi connectivity index (χ4n) is 3.25. The van der Waals surface area contributed by atoms with Crippen LogP contribution in [0.2, 0.25) is 0 Å². The molecule has 0 bridgehead atoms. The van der Waals surface area contributed by atoms with Gasteiger partial charge >= 0.3 is 0 Å². The number of carbonyl (C=O) groups is 1. The van der Waals surface area contributed by atoms with Crippen LogP contribution >= 0.6 is 11.3 Å². The molecular formula is C21H23N5O2S. The summed E-state index contributed by atoms with van der Waals surface area (Å²) < 4.78 is 5.20. The maximum atomic E-state index is 12.5. The molecule has 7 nitrogen and oxygen atoms in total. The van der Waals surface area contributed by atoms with Crippen molar-refractivity contribution >= 4 is 34.7 Å². The first-order chi connectivity index (χ1) is 14.1. The van der Waals surface area contributed by atoms with Crippen molar-refractivity contribution in [3.8, 4) is 5.75 Å². The molecular weight excluding hydrogens is 386 g/mol. The van der Waals surface area contributed by atoms with Crippen molar-refractivity contribution in [2.24, 2.45) is 0 Å². The molecule has 0 unspecified atom stereocenters. The summed E-state index contributed by atoms with van der Waals surface area (Å²) in [5, 5.41) is 5.26. The molecule has 29 heavy (non-hydrogen) atoms. The van der Waals surface area contributed by atoms with Gasteiger partial charge in [-0.25, -0.2) is 4.98 Å². The number of methoxy groups -OCH3 is 1. The van der Waals surface area contributed by atoms with Crippen LogP contribution in [0.3, 0.4) is 0 Å². The van der Waals surface area contributed by atoms with Gasteiger partial charge in [-0.2, -0.15) is 4.98 Å². The first kappa shape index (κ1) is 19.2. The average Bonchev–Trinajstić information content (AvgIpc) is 3.28. The quantitative estimate of drug-likeness (QED) is 0.695. The van der Waals surface area contributed by atoms with Gasteiger partial charge in [0.1, 0.15) is 11.6 Å². The van der Waals surface area contributed by atoms with E-state index in [1.165, 1.54) is 11.3 Å². The molecule has 3 aromatic rings. The smallest absolute Gasteiger partial charge is 0.264 e. The summed E-state index contributed by atoms with van der Waals surface area (Å²) in [6.45, 7) is 4.70. The molecule has 0 atom stereocenters. The lowest BCUT2D eigenvalue weighted by Crippen LogP contribution is -2.49. The Bertz CT molecular complexity index is 967. The number of nitrogens with zero attached hydrogens (tertiary/aromatic N) is 4. The Morgan fingerprint density at radius 3 is 2.52 bits per heavy atom. The van der Waals surface area contributed by atoms with Crippen LogP contribution in [0.5, 0.6) is 5.75 Å². The fraction of sp³-hybridized carbons (Fsp3) is 0.286. The summed E-state index contributed by atoms with van der Waals surface area (Å²) in [5.74, 6) is 2.34. The van der Waals surface area contributed by atoms with E-state index in [0.717, 1.165) is 27.8 Å². The third-order valence-electron chi connectivity index (χ3n) is 4.79. The first-order valence-electron chi connectivity index (χ1n) is 9.47. The Morgan fingerprint density at radius 1 is 1.10 bits per heavy atom. The highest BCUT2D eigenvalue weighted by Crippen LogP contribution is 2.22. The van der Waals surface area contributed by atoms with Crippen molar-refractivity contribution in [3.05, 3.63) is 58.4 Å². The van der Waals surface area contributed by atoms with Gasteiger partial charge in [0.05, 0.1) is 12.0 Å². The summed E-state index contributed by atoms with van der Waals surface area (Å²) in [4.78, 5) is 26.6. The minimum absolute atomic E-state index is 0.103. The number of benzene rings is 1. The van der Waals surface area contributed by atoms with E-state index in [9.17, 15) is 4.79 Å². The van der Waals surface area contributed by atoms with Gasteiger partial charge in [-0.15, -0.1) is 11.3 Å². The molecule has 3 heterocycles. The largest absolute Gasteiger partial charge is 0.497 e. The Hall–Kier alpha value is -3.13. The normalized spacial score (nSPS) is 14.0. The number of aryl methyl sites for hydroxylation is 1. The molecule has 2 aromatic heterocycles. The summed E-state index contributed by atoms with van der Waals surface area (Å²) in [5.41, 5.74) is 1.82. The molecule has 1 N–H and O–H groups in total. The van der Waals surface area contributed by atoms with Gasteiger partial charge in [-0.3, -0.25) is 4.79 Å². The standard InChI is InChI=1S/C21H23N5O2S/c1-15-14-19(23-16-5-7-17(28-2)8-6-16)24-21(22-15)26-11-9-25(10-12-26)20(27)18-4-3-13-29-18/h3-8,13-14H,9-12H2,1-2H3,(H,22,23,24). The number of amides is 1. The van der Waals surface area contributed by atoms with Crippen LogP contribution in [0.15, 0.2) is 47.8 Å². The van der Waals surface area contributed by atoms with E-state index in [4.69, 9.17) is 4.74 Å². The molecule has 1 aliphatic heterocycles. The molecule has 8 heteroatoms. The van der Waals surface area contributed by atoms with Crippen molar-refractivity contribution in [2.45, 2.75) is 6.92 Å². The summed E-state index contributed by atoms with van der Waals surface area (Å²) >= 11 is 1.48. The second-order valence-electron chi connectivity index (χ2n) is 6.80. The Labute approximate surface area is 174 Å². The van der Waals surface area contributed by atoms with Gasteiger partial charge in [0.25, 0.3) is 5.91 Å². The number of rotatable bonds is 5. The second kappa shape index (κ2) is 8.48. The molecule has 1 aromatic carbocycles. The lowest BCUT2D eigenvalue weighted by molar-refractivity contribution is 0.0751. The van der Waals surface area contributed by atoms with E-state index >= 15 is 0 Å².